The Balaban J connectivity index is 4.14. The molecule has 0 saturated heterocycles. The van der Waals surface area contributed by atoms with Gasteiger partial charge in [0.15, 0.2) is 6.29 Å². The molecule has 0 aromatic rings. The molecule has 0 aliphatic rings. The van der Waals surface area contributed by atoms with Gasteiger partial charge in [0.1, 0.15) is 5.57 Å². The van der Waals surface area contributed by atoms with Gasteiger partial charge in [0, 0.05) is 0 Å². The first-order chi connectivity index (χ1) is 4.26. The minimum Gasteiger partial charge on any atom is -0.515 e. The van der Waals surface area contributed by atoms with Gasteiger partial charge in [-0.25, -0.2) is 4.79 Å². The van der Waals surface area contributed by atoms with E-state index in [9.17, 15) is 9.59 Å². The third-order valence-corrected chi connectivity index (χ3v) is 0.687. The van der Waals surface area contributed by atoms with Crippen molar-refractivity contribution < 1.29 is 19.4 Å². The summed E-state index contributed by atoms with van der Waals surface area (Å²) in [6.45, 7) is 0. The highest BCUT2D eigenvalue weighted by atomic mass is 16.5. The number of hydrogen-bond donors (Lipinski definition) is 1. The fraction of sp³-hybridized carbons (Fsp3) is 0.200. The molecule has 0 radical (unpaired) electrons. The van der Waals surface area contributed by atoms with Crippen molar-refractivity contribution in [3.63, 3.8) is 0 Å². The normalized spacial score (nSPS) is 10.6. The van der Waals surface area contributed by atoms with Crippen LogP contribution < -0.4 is 0 Å². The minimum absolute atomic E-state index is 0.214. The van der Waals surface area contributed by atoms with Gasteiger partial charge in [-0.3, -0.25) is 4.79 Å². The van der Waals surface area contributed by atoms with Crippen molar-refractivity contribution in [2.45, 2.75) is 0 Å². The molecule has 0 rings (SSSR count). The maximum atomic E-state index is 10.3. The predicted octanol–water partition coefficient (Wildman–Crippen LogP) is -0.200. The molecule has 0 aliphatic heterocycles. The molecule has 0 aliphatic carbocycles. The molecule has 0 heterocycles. The van der Waals surface area contributed by atoms with Gasteiger partial charge < -0.3 is 9.84 Å². The molecule has 0 saturated carbocycles. The van der Waals surface area contributed by atoms with E-state index in [1.165, 1.54) is 0 Å². The highest BCUT2D eigenvalue weighted by molar-refractivity contribution is 6.07. The summed E-state index contributed by atoms with van der Waals surface area (Å²) >= 11 is 0. The van der Waals surface area contributed by atoms with E-state index in [0.717, 1.165) is 7.11 Å². The number of rotatable bonds is 2. The third kappa shape index (κ3) is 1.94. The Morgan fingerprint density at radius 2 is 2.22 bits per heavy atom. The first-order valence-electron chi connectivity index (χ1n) is 2.14. The largest absolute Gasteiger partial charge is 0.515 e. The molecule has 1 N–H and O–H groups in total. The summed E-state index contributed by atoms with van der Waals surface area (Å²) in [6.07, 6.45) is 0.616. The molecule has 0 unspecified atom stereocenters. The quantitative estimate of drug-likeness (QED) is 0.140. The SMILES string of the molecule is COC(=O)C(C=O)=CO. The van der Waals surface area contributed by atoms with Gasteiger partial charge in [-0.2, -0.15) is 0 Å². The third-order valence-electron chi connectivity index (χ3n) is 0.687. The topological polar surface area (TPSA) is 63.6 Å². The van der Waals surface area contributed by atoms with E-state index in [-0.39, 0.29) is 6.29 Å². The lowest BCUT2D eigenvalue weighted by atomic mass is 10.3. The van der Waals surface area contributed by atoms with Crippen molar-refractivity contribution in [2.75, 3.05) is 7.11 Å². The molecule has 0 bridgehead atoms. The van der Waals surface area contributed by atoms with Crippen LogP contribution >= 0.6 is 0 Å². The lowest BCUT2D eigenvalue weighted by molar-refractivity contribution is -0.136. The second kappa shape index (κ2) is 3.65. The lowest BCUT2D eigenvalue weighted by Gasteiger charge is -1.92. The highest BCUT2D eigenvalue weighted by Gasteiger charge is 2.06. The number of carbonyl (C=O) groups excluding carboxylic acids is 2. The molecule has 0 fully saturated rings. The number of aldehydes is 1. The standard InChI is InChI=1S/C5H6O4/c1-9-5(8)4(2-6)3-7/h2-3,6H,1H3. The Bertz CT molecular complexity index is 147. The summed E-state index contributed by atoms with van der Waals surface area (Å²) < 4.78 is 4.10. The molecule has 0 aromatic carbocycles. The maximum Gasteiger partial charge on any atom is 0.344 e. The summed E-state index contributed by atoms with van der Waals surface area (Å²) in [4.78, 5) is 20.1. The van der Waals surface area contributed by atoms with Crippen molar-refractivity contribution in [1.82, 2.24) is 0 Å². The van der Waals surface area contributed by atoms with Crippen molar-refractivity contribution in [3.8, 4) is 0 Å². The average Bonchev–Trinajstić information content (AvgIpc) is 1.90. The predicted molar refractivity (Wildman–Crippen MR) is 28.8 cm³/mol. The number of carbonyl (C=O) groups is 2. The highest BCUT2D eigenvalue weighted by Crippen LogP contribution is 1.89. The van der Waals surface area contributed by atoms with Gasteiger partial charge in [0.2, 0.25) is 0 Å². The van der Waals surface area contributed by atoms with E-state index in [0.29, 0.717) is 6.26 Å². The summed E-state index contributed by atoms with van der Waals surface area (Å²) in [5, 5.41) is 8.13. The van der Waals surface area contributed by atoms with Crippen molar-refractivity contribution in [1.29, 1.82) is 0 Å². The zero-order chi connectivity index (χ0) is 7.28. The van der Waals surface area contributed by atoms with Crippen LogP contribution in [-0.2, 0) is 14.3 Å². The number of aliphatic hydroxyl groups excluding tert-OH is 1. The number of hydrogen-bond acceptors (Lipinski definition) is 4. The number of esters is 1. The van der Waals surface area contributed by atoms with E-state index < -0.39 is 11.5 Å². The van der Waals surface area contributed by atoms with Gasteiger partial charge in [-0.05, 0) is 0 Å². The summed E-state index contributed by atoms with van der Waals surface area (Å²) in [5.74, 6) is -0.840. The summed E-state index contributed by atoms with van der Waals surface area (Å²) in [5.41, 5.74) is -0.391. The van der Waals surface area contributed by atoms with E-state index >= 15 is 0 Å². The van der Waals surface area contributed by atoms with E-state index in [1.807, 2.05) is 0 Å². The molecule has 0 atom stereocenters. The van der Waals surface area contributed by atoms with Crippen LogP contribution in [0.3, 0.4) is 0 Å². The first-order valence-corrected chi connectivity index (χ1v) is 2.14. The fourth-order valence-electron chi connectivity index (χ4n) is 0.249. The number of ether oxygens (including phenoxy) is 1. The molecule has 50 valence electrons. The monoisotopic (exact) mass is 130 g/mol. The second-order valence-electron chi connectivity index (χ2n) is 1.19. The van der Waals surface area contributed by atoms with Crippen LogP contribution in [0.1, 0.15) is 0 Å². The maximum absolute atomic E-state index is 10.3. The molecular formula is C5H6O4. The second-order valence-corrected chi connectivity index (χ2v) is 1.19. The fourth-order valence-corrected chi connectivity index (χ4v) is 0.249. The Morgan fingerprint density at radius 1 is 1.67 bits per heavy atom. The Kier molecular flexibility index (Phi) is 3.12. The van der Waals surface area contributed by atoms with E-state index in [1.54, 1.807) is 0 Å². The number of methoxy groups -OCH3 is 1. The van der Waals surface area contributed by atoms with Gasteiger partial charge in [-0.15, -0.1) is 0 Å². The van der Waals surface area contributed by atoms with Crippen LogP contribution in [0.15, 0.2) is 11.8 Å². The van der Waals surface area contributed by atoms with Crippen molar-refractivity contribution >= 4 is 12.3 Å². The van der Waals surface area contributed by atoms with Crippen LogP contribution in [0, 0.1) is 0 Å². The van der Waals surface area contributed by atoms with Gasteiger partial charge in [-0.1, -0.05) is 0 Å². The Hall–Kier alpha value is -1.32. The van der Waals surface area contributed by atoms with Crippen LogP contribution in [-0.4, -0.2) is 24.5 Å². The van der Waals surface area contributed by atoms with Crippen molar-refractivity contribution in [3.05, 3.63) is 11.8 Å². The van der Waals surface area contributed by atoms with Gasteiger partial charge >= 0.3 is 5.97 Å². The average molecular weight is 130 g/mol. The summed E-state index contributed by atoms with van der Waals surface area (Å²) in [6, 6.07) is 0. The van der Waals surface area contributed by atoms with Crippen molar-refractivity contribution in [2.24, 2.45) is 0 Å². The molecule has 0 aromatic heterocycles. The first kappa shape index (κ1) is 7.68. The molecule has 0 amide bonds. The molecule has 4 nitrogen and oxygen atoms in total. The van der Waals surface area contributed by atoms with E-state index in [4.69, 9.17) is 5.11 Å². The zero-order valence-corrected chi connectivity index (χ0v) is 4.83. The zero-order valence-electron chi connectivity index (χ0n) is 4.83. The smallest absolute Gasteiger partial charge is 0.344 e. The van der Waals surface area contributed by atoms with Crippen LogP contribution in [0.25, 0.3) is 0 Å². The van der Waals surface area contributed by atoms with Gasteiger partial charge in [0.25, 0.3) is 0 Å². The minimum atomic E-state index is -0.840. The molecule has 9 heavy (non-hydrogen) atoms. The Labute approximate surface area is 51.7 Å². The molecular weight excluding hydrogens is 124 g/mol. The van der Waals surface area contributed by atoms with E-state index in [2.05, 4.69) is 4.74 Å². The lowest BCUT2D eigenvalue weighted by Crippen LogP contribution is -2.05. The summed E-state index contributed by atoms with van der Waals surface area (Å²) in [7, 11) is 1.12. The van der Waals surface area contributed by atoms with Crippen LogP contribution in [0.4, 0.5) is 0 Å². The van der Waals surface area contributed by atoms with Gasteiger partial charge in [0.05, 0.1) is 13.4 Å². The molecule has 4 heteroatoms. The van der Waals surface area contributed by atoms with Crippen LogP contribution in [0.2, 0.25) is 0 Å². The van der Waals surface area contributed by atoms with Crippen LogP contribution in [0.5, 0.6) is 0 Å². The molecule has 0 spiro atoms. The Morgan fingerprint density at radius 3 is 2.33 bits per heavy atom. The number of aliphatic hydroxyl groups is 1.